The van der Waals surface area contributed by atoms with Crippen LogP contribution in [0.2, 0.25) is 0 Å². The van der Waals surface area contributed by atoms with E-state index in [1.165, 1.54) is 22.6 Å². The molecule has 0 radical (unpaired) electrons. The maximum atomic E-state index is 12.5. The number of pyridine rings is 1. The zero-order valence-electron chi connectivity index (χ0n) is 7.86. The number of aromatic nitrogens is 1. The van der Waals surface area contributed by atoms with Crippen molar-refractivity contribution >= 4 is 34.2 Å². The lowest BCUT2D eigenvalue weighted by molar-refractivity contribution is -0.275. The Bertz CT molecular complexity index is 412. The molecule has 0 saturated heterocycles. The lowest BCUT2D eigenvalue weighted by Crippen LogP contribution is -2.20. The summed E-state index contributed by atoms with van der Waals surface area (Å²) < 4.78 is 64.6. The predicted octanol–water partition coefficient (Wildman–Crippen LogP) is 4.26. The van der Waals surface area contributed by atoms with Crippen molar-refractivity contribution in [2.75, 3.05) is 0 Å². The van der Waals surface area contributed by atoms with Crippen molar-refractivity contribution in [1.29, 1.82) is 0 Å². The van der Waals surface area contributed by atoms with Crippen molar-refractivity contribution in [3.63, 3.8) is 0 Å². The van der Waals surface area contributed by atoms with Gasteiger partial charge in [-0.05, 0) is 22.6 Å². The van der Waals surface area contributed by atoms with E-state index in [4.69, 9.17) is 11.6 Å². The Morgan fingerprint density at radius 1 is 1.41 bits per heavy atom. The number of hydrogen-bond acceptors (Lipinski definition) is 2. The van der Waals surface area contributed by atoms with E-state index in [1.54, 1.807) is 0 Å². The molecule has 0 aromatic carbocycles. The standard InChI is InChI=1S/C8H4ClF5INO/c9-1-3-2-16-5(7(10)11)6(4(3)15)17-8(12,13)14/h2,7H,1H2. The Kier molecular flexibility index (Phi) is 4.76. The molecule has 1 aromatic heterocycles. The van der Waals surface area contributed by atoms with E-state index >= 15 is 0 Å². The Hall–Kier alpha value is -0.380. The number of hydrogen-bond donors (Lipinski definition) is 0. The molecule has 0 unspecified atom stereocenters. The summed E-state index contributed by atoms with van der Waals surface area (Å²) >= 11 is 6.90. The topological polar surface area (TPSA) is 22.1 Å². The van der Waals surface area contributed by atoms with E-state index in [-0.39, 0.29) is 15.0 Å². The molecule has 0 aliphatic heterocycles. The third-order valence-corrected chi connectivity index (χ3v) is 3.11. The summed E-state index contributed by atoms with van der Waals surface area (Å²) in [5, 5.41) is 0. The molecule has 0 aliphatic rings. The number of alkyl halides is 6. The van der Waals surface area contributed by atoms with Crippen molar-refractivity contribution < 1.29 is 26.7 Å². The molecular formula is C8H4ClF5INO. The van der Waals surface area contributed by atoms with Gasteiger partial charge in [0.1, 0.15) is 5.69 Å². The Morgan fingerprint density at radius 2 is 2.00 bits per heavy atom. The molecule has 1 rings (SSSR count). The van der Waals surface area contributed by atoms with Crippen LogP contribution in [-0.2, 0) is 5.88 Å². The van der Waals surface area contributed by atoms with Crippen LogP contribution in [0.3, 0.4) is 0 Å². The normalized spacial score (nSPS) is 12.0. The third kappa shape index (κ3) is 3.80. The second kappa shape index (κ2) is 5.51. The summed E-state index contributed by atoms with van der Waals surface area (Å²) in [7, 11) is 0. The van der Waals surface area contributed by atoms with E-state index < -0.39 is 24.2 Å². The van der Waals surface area contributed by atoms with Crippen molar-refractivity contribution in [1.82, 2.24) is 4.98 Å². The molecule has 96 valence electrons. The second-order valence-corrected chi connectivity index (χ2v) is 4.14. The van der Waals surface area contributed by atoms with Crippen LogP contribution in [0.15, 0.2) is 6.20 Å². The smallest absolute Gasteiger partial charge is 0.402 e. The van der Waals surface area contributed by atoms with E-state index in [0.29, 0.717) is 0 Å². The van der Waals surface area contributed by atoms with Crippen molar-refractivity contribution in [2.45, 2.75) is 18.7 Å². The van der Waals surface area contributed by atoms with Gasteiger partial charge in [-0.2, -0.15) is 0 Å². The molecule has 0 fully saturated rings. The first-order valence-corrected chi connectivity index (χ1v) is 5.64. The van der Waals surface area contributed by atoms with Gasteiger partial charge in [-0.15, -0.1) is 24.8 Å². The zero-order chi connectivity index (χ0) is 13.2. The molecule has 1 heterocycles. The lowest BCUT2D eigenvalue weighted by atomic mass is 10.2. The summed E-state index contributed by atoms with van der Waals surface area (Å²) in [5.74, 6) is -1.14. The van der Waals surface area contributed by atoms with Gasteiger partial charge in [0.15, 0.2) is 5.75 Å². The molecule has 9 heteroatoms. The van der Waals surface area contributed by atoms with E-state index in [9.17, 15) is 22.0 Å². The molecule has 0 N–H and O–H groups in total. The van der Waals surface area contributed by atoms with Crippen LogP contribution >= 0.6 is 34.2 Å². The summed E-state index contributed by atoms with van der Waals surface area (Å²) in [6.45, 7) is 0. The maximum absolute atomic E-state index is 12.5. The first-order chi connectivity index (χ1) is 7.76. The molecular weight excluding hydrogens is 383 g/mol. The fourth-order valence-corrected chi connectivity index (χ4v) is 2.13. The molecule has 0 bridgehead atoms. The molecule has 17 heavy (non-hydrogen) atoms. The summed E-state index contributed by atoms with van der Waals surface area (Å²) in [6.07, 6.45) is -7.22. The van der Waals surface area contributed by atoms with Gasteiger partial charge >= 0.3 is 6.36 Å². The van der Waals surface area contributed by atoms with Crippen LogP contribution < -0.4 is 4.74 Å². The molecule has 0 atom stereocenters. The van der Waals surface area contributed by atoms with Crippen LogP contribution in [0.5, 0.6) is 5.75 Å². The van der Waals surface area contributed by atoms with Crippen LogP contribution in [-0.4, -0.2) is 11.3 Å². The van der Waals surface area contributed by atoms with Crippen LogP contribution in [0, 0.1) is 3.57 Å². The second-order valence-electron chi connectivity index (χ2n) is 2.79. The summed E-state index contributed by atoms with van der Waals surface area (Å²) in [5.41, 5.74) is -0.864. The molecule has 1 aromatic rings. The largest absolute Gasteiger partial charge is 0.573 e. The van der Waals surface area contributed by atoms with Gasteiger partial charge in [0.05, 0.1) is 9.45 Å². The predicted molar refractivity (Wildman–Crippen MR) is 58.2 cm³/mol. The molecule has 2 nitrogen and oxygen atoms in total. The van der Waals surface area contributed by atoms with Gasteiger partial charge in [-0.1, -0.05) is 0 Å². The van der Waals surface area contributed by atoms with Gasteiger partial charge in [-0.3, -0.25) is 4.98 Å². The minimum Gasteiger partial charge on any atom is -0.402 e. The minimum absolute atomic E-state index is 0.125. The first kappa shape index (κ1) is 14.7. The fourth-order valence-electron chi connectivity index (χ4n) is 0.982. The van der Waals surface area contributed by atoms with Crippen LogP contribution in [0.1, 0.15) is 17.7 Å². The lowest BCUT2D eigenvalue weighted by Gasteiger charge is -2.15. The fraction of sp³-hybridized carbons (Fsp3) is 0.375. The minimum atomic E-state index is -5.06. The monoisotopic (exact) mass is 387 g/mol. The highest BCUT2D eigenvalue weighted by Crippen LogP contribution is 2.36. The van der Waals surface area contributed by atoms with E-state index in [2.05, 4.69) is 9.72 Å². The average molecular weight is 387 g/mol. The van der Waals surface area contributed by atoms with Gasteiger partial charge in [0, 0.05) is 11.8 Å². The number of nitrogens with zero attached hydrogens (tertiary/aromatic N) is 1. The quantitative estimate of drug-likeness (QED) is 0.439. The zero-order valence-corrected chi connectivity index (χ0v) is 10.8. The van der Waals surface area contributed by atoms with Crippen molar-refractivity contribution in [3.05, 3.63) is 21.0 Å². The average Bonchev–Trinajstić information content (AvgIpc) is 2.18. The van der Waals surface area contributed by atoms with E-state index in [0.717, 1.165) is 6.20 Å². The van der Waals surface area contributed by atoms with Gasteiger partial charge in [0.2, 0.25) is 0 Å². The van der Waals surface area contributed by atoms with E-state index in [1.807, 2.05) is 0 Å². The van der Waals surface area contributed by atoms with Gasteiger partial charge in [-0.25, -0.2) is 8.78 Å². The molecule has 0 saturated carbocycles. The van der Waals surface area contributed by atoms with Crippen molar-refractivity contribution in [3.8, 4) is 5.75 Å². The Morgan fingerprint density at radius 3 is 2.41 bits per heavy atom. The SMILES string of the molecule is FC(F)c1ncc(CCl)c(I)c1OC(F)(F)F. The maximum Gasteiger partial charge on any atom is 0.573 e. The highest BCUT2D eigenvalue weighted by Gasteiger charge is 2.35. The number of ether oxygens (including phenoxy) is 1. The van der Waals surface area contributed by atoms with Gasteiger partial charge in [0.25, 0.3) is 6.43 Å². The Labute approximate surface area is 111 Å². The third-order valence-electron chi connectivity index (χ3n) is 1.64. The highest BCUT2D eigenvalue weighted by molar-refractivity contribution is 14.1. The molecule has 0 aliphatic carbocycles. The van der Waals surface area contributed by atoms with Gasteiger partial charge < -0.3 is 4.74 Å². The number of rotatable bonds is 3. The Balaban J connectivity index is 3.30. The van der Waals surface area contributed by atoms with Crippen molar-refractivity contribution in [2.24, 2.45) is 0 Å². The molecule has 0 amide bonds. The molecule has 0 spiro atoms. The summed E-state index contributed by atoms with van der Waals surface area (Å²) in [6, 6.07) is 0. The van der Waals surface area contributed by atoms with Crippen LogP contribution in [0.4, 0.5) is 22.0 Å². The first-order valence-electron chi connectivity index (χ1n) is 4.03. The highest BCUT2D eigenvalue weighted by atomic mass is 127. The summed E-state index contributed by atoms with van der Waals surface area (Å²) in [4.78, 5) is 3.23. The van der Waals surface area contributed by atoms with Crippen LogP contribution in [0.25, 0.3) is 0 Å². The number of halogens is 7.